The van der Waals surface area contributed by atoms with Gasteiger partial charge < -0.3 is 59.1 Å². The van der Waals surface area contributed by atoms with Crippen molar-refractivity contribution >= 4 is 0 Å². The van der Waals surface area contributed by atoms with E-state index in [2.05, 4.69) is 33.8 Å². The SMILES string of the molecule is C[C@@H]1CC[C@@]2(OC1)O[C@H]1C[C@H]3[C@@H]4CC=C5C[C@@H](O[C@@H]6O[C@H](CO[C@@H]7O[C@@H](C)[C@H](O)[C@@H](O)[C@H]7O)[C@@H](O)[C@H](O)[C@H]6O)CC[C@]5(C)[C@H]4CC[C@]3(C)[C@H]1[C@@H]2C. The van der Waals surface area contributed by atoms with Crippen LogP contribution < -0.4 is 0 Å². The maximum atomic E-state index is 10.9. The topological polar surface area (TPSA) is 177 Å². The summed E-state index contributed by atoms with van der Waals surface area (Å²) in [5.41, 5.74) is 1.75. The molecule has 12 heteroatoms. The molecule has 0 aromatic carbocycles. The molecule has 0 bridgehead atoms. The zero-order chi connectivity index (χ0) is 36.2. The fourth-order valence-electron chi connectivity index (χ4n) is 12.5. The number of hydrogen-bond donors (Lipinski definition) is 6. The first kappa shape index (κ1) is 37.2. The van der Waals surface area contributed by atoms with Crippen LogP contribution in [0.2, 0.25) is 0 Å². The highest BCUT2D eigenvalue weighted by Gasteiger charge is 2.68. The maximum absolute atomic E-state index is 10.9. The van der Waals surface area contributed by atoms with Gasteiger partial charge in [0, 0.05) is 12.3 Å². The van der Waals surface area contributed by atoms with Crippen molar-refractivity contribution in [3.8, 4) is 0 Å². The summed E-state index contributed by atoms with van der Waals surface area (Å²) in [6.07, 6.45) is -1.32. The van der Waals surface area contributed by atoms with Crippen molar-refractivity contribution in [1.82, 2.24) is 0 Å². The molecule has 0 aromatic rings. The predicted octanol–water partition coefficient (Wildman–Crippen LogP) is 2.39. The van der Waals surface area contributed by atoms with Crippen molar-refractivity contribution in [2.45, 2.75) is 172 Å². The largest absolute Gasteiger partial charge is 0.388 e. The molecule has 4 saturated heterocycles. The molecular formula is C39H62O12. The van der Waals surface area contributed by atoms with E-state index in [0.717, 1.165) is 45.1 Å². The molecular weight excluding hydrogens is 660 g/mol. The maximum Gasteiger partial charge on any atom is 0.186 e. The Balaban J connectivity index is 0.909. The Labute approximate surface area is 301 Å². The molecule has 290 valence electrons. The fraction of sp³-hybridized carbons (Fsp3) is 0.949. The minimum atomic E-state index is -1.54. The highest BCUT2D eigenvalue weighted by atomic mass is 16.7. The summed E-state index contributed by atoms with van der Waals surface area (Å²) in [6.45, 7) is 11.7. The lowest BCUT2D eigenvalue weighted by Gasteiger charge is -2.58. The summed E-state index contributed by atoms with van der Waals surface area (Å²) < 4.78 is 37.0. The van der Waals surface area contributed by atoms with Crippen LogP contribution in [0.25, 0.3) is 0 Å². The van der Waals surface area contributed by atoms with Gasteiger partial charge in [-0.15, -0.1) is 0 Å². The molecule has 4 aliphatic carbocycles. The Kier molecular flexibility index (Phi) is 9.83. The molecule has 8 rings (SSSR count). The molecule has 4 heterocycles. The minimum Gasteiger partial charge on any atom is -0.388 e. The first-order chi connectivity index (χ1) is 24.2. The van der Waals surface area contributed by atoms with Crippen molar-refractivity contribution < 1.29 is 59.1 Å². The van der Waals surface area contributed by atoms with Gasteiger partial charge >= 0.3 is 0 Å². The average molecular weight is 723 g/mol. The normalized spacial score (nSPS) is 58.4. The number of rotatable bonds is 5. The summed E-state index contributed by atoms with van der Waals surface area (Å²) >= 11 is 0. The molecule has 0 radical (unpaired) electrons. The lowest BCUT2D eigenvalue weighted by atomic mass is 9.47. The van der Waals surface area contributed by atoms with Crippen LogP contribution in [0.5, 0.6) is 0 Å². The van der Waals surface area contributed by atoms with Gasteiger partial charge in [0.1, 0.15) is 42.7 Å². The Morgan fingerprint density at radius 1 is 0.804 bits per heavy atom. The Morgan fingerprint density at radius 3 is 2.29 bits per heavy atom. The standard InChI is InChI=1S/C39H62O12/c1-18-8-13-39(47-16-18)19(2)28-26(51-39)15-25-23-7-6-21-14-22(9-11-37(21,4)24(23)10-12-38(25,28)5)49-36-34(45)32(43)30(41)27(50-36)17-46-35-33(44)31(42)29(40)20(3)48-35/h6,18-20,22-36,40-45H,7-17H2,1-5H3/t18-,19+,20+,22+,23-,24+,25+,26+,27-,28+,29+,30-,31-,32+,33-,34-,35-,36-,37+,38+,39-/m1/s1. The van der Waals surface area contributed by atoms with Gasteiger partial charge in [0.2, 0.25) is 0 Å². The quantitative estimate of drug-likeness (QED) is 0.229. The number of hydrogen-bond acceptors (Lipinski definition) is 12. The van der Waals surface area contributed by atoms with Gasteiger partial charge in [-0.05, 0) is 98.7 Å². The number of allylic oxidation sites excluding steroid dienone is 1. The van der Waals surface area contributed by atoms with Crippen molar-refractivity contribution in [2.75, 3.05) is 13.2 Å². The van der Waals surface area contributed by atoms with E-state index < -0.39 is 67.2 Å². The van der Waals surface area contributed by atoms with Crippen molar-refractivity contribution in [2.24, 2.45) is 46.3 Å². The van der Waals surface area contributed by atoms with E-state index >= 15 is 0 Å². The van der Waals surface area contributed by atoms with Crippen LogP contribution >= 0.6 is 0 Å². The van der Waals surface area contributed by atoms with E-state index in [9.17, 15) is 30.6 Å². The van der Waals surface area contributed by atoms with Crippen molar-refractivity contribution in [1.29, 1.82) is 0 Å². The lowest BCUT2D eigenvalue weighted by molar-refractivity contribution is -0.334. The van der Waals surface area contributed by atoms with Crippen LogP contribution in [0.15, 0.2) is 11.6 Å². The molecule has 4 aliphatic heterocycles. The number of aliphatic hydroxyl groups is 6. The van der Waals surface area contributed by atoms with Crippen LogP contribution in [0, 0.1) is 46.3 Å². The number of fused-ring (bicyclic) bond motifs is 7. The zero-order valence-electron chi connectivity index (χ0n) is 30.9. The molecule has 12 nitrogen and oxygen atoms in total. The second-order valence-electron chi connectivity index (χ2n) is 18.3. The molecule has 0 amide bonds. The molecule has 1 spiro atoms. The third-order valence-corrected chi connectivity index (χ3v) is 15.6. The van der Waals surface area contributed by atoms with Crippen LogP contribution in [0.4, 0.5) is 0 Å². The molecule has 0 unspecified atom stereocenters. The summed E-state index contributed by atoms with van der Waals surface area (Å²) in [6, 6.07) is 0. The van der Waals surface area contributed by atoms with Gasteiger partial charge in [0.15, 0.2) is 18.4 Å². The molecule has 8 aliphatic rings. The van der Waals surface area contributed by atoms with Gasteiger partial charge in [0.25, 0.3) is 0 Å². The van der Waals surface area contributed by atoms with E-state index in [-0.39, 0.29) is 29.6 Å². The zero-order valence-corrected chi connectivity index (χ0v) is 30.9. The van der Waals surface area contributed by atoms with E-state index in [1.54, 1.807) is 6.92 Å². The highest BCUT2D eigenvalue weighted by Crippen LogP contribution is 2.70. The Bertz CT molecular complexity index is 1300. The molecule has 21 atom stereocenters. The number of ether oxygens (including phenoxy) is 6. The fourth-order valence-corrected chi connectivity index (χ4v) is 12.5. The summed E-state index contributed by atoms with van der Waals surface area (Å²) in [7, 11) is 0. The minimum absolute atomic E-state index is 0.0757. The first-order valence-corrected chi connectivity index (χ1v) is 19.8. The molecule has 7 fully saturated rings. The molecule has 3 saturated carbocycles. The smallest absolute Gasteiger partial charge is 0.186 e. The molecule has 6 N–H and O–H groups in total. The molecule has 0 aromatic heterocycles. The van der Waals surface area contributed by atoms with E-state index in [1.807, 2.05) is 0 Å². The molecule has 51 heavy (non-hydrogen) atoms. The van der Waals surface area contributed by atoms with Crippen LogP contribution in [-0.4, -0.2) is 123 Å². The van der Waals surface area contributed by atoms with E-state index in [4.69, 9.17) is 28.4 Å². The summed E-state index contributed by atoms with van der Waals surface area (Å²) in [5.74, 6) is 2.99. The summed E-state index contributed by atoms with van der Waals surface area (Å²) in [5, 5.41) is 62.8. The van der Waals surface area contributed by atoms with Crippen molar-refractivity contribution in [3.63, 3.8) is 0 Å². The Morgan fingerprint density at radius 2 is 1.55 bits per heavy atom. The predicted molar refractivity (Wildman–Crippen MR) is 182 cm³/mol. The van der Waals surface area contributed by atoms with E-state index in [0.29, 0.717) is 35.5 Å². The Hall–Kier alpha value is -0.740. The third-order valence-electron chi connectivity index (χ3n) is 15.6. The monoisotopic (exact) mass is 722 g/mol. The van der Waals surface area contributed by atoms with E-state index in [1.165, 1.54) is 24.8 Å². The number of aliphatic hydroxyl groups excluding tert-OH is 6. The second-order valence-corrected chi connectivity index (χ2v) is 18.3. The van der Waals surface area contributed by atoms with Crippen LogP contribution in [0.1, 0.15) is 92.4 Å². The lowest BCUT2D eigenvalue weighted by Crippen LogP contribution is -2.61. The average Bonchev–Trinajstić information content (AvgIpc) is 3.56. The van der Waals surface area contributed by atoms with Crippen LogP contribution in [0.3, 0.4) is 0 Å². The summed E-state index contributed by atoms with van der Waals surface area (Å²) in [4.78, 5) is 0. The van der Waals surface area contributed by atoms with Gasteiger partial charge in [0.05, 0.1) is 31.5 Å². The second kappa shape index (κ2) is 13.5. The van der Waals surface area contributed by atoms with Crippen molar-refractivity contribution in [3.05, 3.63) is 11.6 Å². The third kappa shape index (κ3) is 5.93. The first-order valence-electron chi connectivity index (χ1n) is 19.8. The van der Waals surface area contributed by atoms with Gasteiger partial charge in [-0.25, -0.2) is 0 Å². The van der Waals surface area contributed by atoms with Crippen LogP contribution in [-0.2, 0) is 28.4 Å². The van der Waals surface area contributed by atoms with Gasteiger partial charge in [-0.3, -0.25) is 0 Å². The van der Waals surface area contributed by atoms with Gasteiger partial charge in [-0.1, -0.05) is 39.3 Å². The van der Waals surface area contributed by atoms with Gasteiger partial charge in [-0.2, -0.15) is 0 Å². The highest BCUT2D eigenvalue weighted by molar-refractivity contribution is 5.26.